The van der Waals surface area contributed by atoms with Gasteiger partial charge in [0, 0.05) is 20.2 Å². The van der Waals surface area contributed by atoms with E-state index in [2.05, 4.69) is 5.32 Å². The van der Waals surface area contributed by atoms with Gasteiger partial charge in [-0.1, -0.05) is 6.92 Å². The van der Waals surface area contributed by atoms with Crippen molar-refractivity contribution in [1.82, 2.24) is 10.2 Å². The average Bonchev–Trinajstić information content (AvgIpc) is 2.44. The Morgan fingerprint density at radius 3 is 2.45 bits per heavy atom. The van der Waals surface area contributed by atoms with Crippen LogP contribution in [0.1, 0.15) is 26.7 Å². The number of piperidine rings is 1. The quantitative estimate of drug-likeness (QED) is 0.715. The maximum Gasteiger partial charge on any atom is 0.308 e. The maximum absolute atomic E-state index is 12.8. The summed E-state index contributed by atoms with van der Waals surface area (Å²) in [6, 6.07) is 0. The number of aliphatic carboxylic acids is 1. The molecule has 1 rings (SSSR count). The smallest absolute Gasteiger partial charge is 0.308 e. The molecule has 1 atom stereocenters. The van der Waals surface area contributed by atoms with Crippen LogP contribution in [0.3, 0.4) is 0 Å². The second kappa shape index (κ2) is 7.59. The van der Waals surface area contributed by atoms with E-state index in [0.717, 1.165) is 25.9 Å². The lowest BCUT2D eigenvalue weighted by molar-refractivity contribution is -0.150. The zero-order valence-electron chi connectivity index (χ0n) is 12.6. The number of carboxylic acids is 1. The fourth-order valence-corrected chi connectivity index (χ4v) is 2.70. The van der Waals surface area contributed by atoms with E-state index in [1.807, 2.05) is 6.92 Å². The number of carbonyl (C=O) groups is 2. The van der Waals surface area contributed by atoms with E-state index in [9.17, 15) is 9.59 Å². The van der Waals surface area contributed by atoms with Crippen LogP contribution in [0, 0.1) is 11.3 Å². The average molecular weight is 286 g/mol. The summed E-state index contributed by atoms with van der Waals surface area (Å²) < 4.78 is 5.26. The van der Waals surface area contributed by atoms with E-state index in [4.69, 9.17) is 9.84 Å². The van der Waals surface area contributed by atoms with Crippen molar-refractivity contribution >= 4 is 11.9 Å². The Morgan fingerprint density at radius 2 is 2.00 bits per heavy atom. The Kier molecular flexibility index (Phi) is 6.42. The Hall–Kier alpha value is -1.14. The monoisotopic (exact) mass is 286 g/mol. The van der Waals surface area contributed by atoms with Crippen molar-refractivity contribution in [3.8, 4) is 0 Å². The van der Waals surface area contributed by atoms with Crippen molar-refractivity contribution in [3.05, 3.63) is 0 Å². The third-order valence-corrected chi connectivity index (χ3v) is 4.02. The molecule has 0 bridgehead atoms. The number of nitrogens with one attached hydrogen (secondary N) is 1. The zero-order chi connectivity index (χ0) is 15.2. The van der Waals surface area contributed by atoms with Crippen molar-refractivity contribution < 1.29 is 19.4 Å². The fourth-order valence-electron chi connectivity index (χ4n) is 2.70. The Bertz CT molecular complexity index is 335. The third-order valence-electron chi connectivity index (χ3n) is 4.02. The molecule has 0 spiro atoms. The molecule has 1 fully saturated rings. The number of nitrogens with zero attached hydrogens (tertiary/aromatic N) is 1. The minimum atomic E-state index is -0.873. The zero-order valence-corrected chi connectivity index (χ0v) is 12.6. The molecule has 1 unspecified atom stereocenters. The van der Waals surface area contributed by atoms with E-state index < -0.39 is 17.3 Å². The Balaban J connectivity index is 2.82. The molecule has 20 heavy (non-hydrogen) atoms. The lowest BCUT2D eigenvalue weighted by atomic mass is 9.78. The van der Waals surface area contributed by atoms with Crippen LogP contribution in [0.5, 0.6) is 0 Å². The van der Waals surface area contributed by atoms with Gasteiger partial charge in [-0.05, 0) is 32.9 Å². The fraction of sp³-hybridized carbons (Fsp3) is 0.857. The molecule has 0 aromatic rings. The molecule has 0 aromatic carbocycles. The molecule has 6 heteroatoms. The number of hydrogen-bond acceptors (Lipinski definition) is 4. The summed E-state index contributed by atoms with van der Waals surface area (Å²) >= 11 is 0. The van der Waals surface area contributed by atoms with Gasteiger partial charge in [-0.25, -0.2) is 0 Å². The number of ether oxygens (including phenoxy) is 1. The molecule has 116 valence electrons. The van der Waals surface area contributed by atoms with E-state index in [-0.39, 0.29) is 12.5 Å². The summed E-state index contributed by atoms with van der Waals surface area (Å²) in [6.07, 6.45) is 1.47. The molecule has 1 saturated heterocycles. The van der Waals surface area contributed by atoms with E-state index in [0.29, 0.717) is 13.2 Å². The number of carboxylic acid groups (broad SMARTS) is 1. The summed E-state index contributed by atoms with van der Waals surface area (Å²) in [5.41, 5.74) is -0.506. The van der Waals surface area contributed by atoms with Crippen molar-refractivity contribution in [3.63, 3.8) is 0 Å². The molecule has 1 heterocycles. The second-order valence-corrected chi connectivity index (χ2v) is 5.55. The molecule has 0 aromatic heterocycles. The number of hydrogen-bond donors (Lipinski definition) is 2. The number of amides is 1. The summed E-state index contributed by atoms with van der Waals surface area (Å²) in [5.74, 6) is -1.40. The standard InChI is InChI=1S/C14H26N2O4/c1-4-16(9-11(2)12(17)18)13(19)14(10-20-3)5-7-15-8-6-14/h11,15H,4-10H2,1-3H3,(H,17,18). The van der Waals surface area contributed by atoms with Gasteiger partial charge in [-0.15, -0.1) is 0 Å². The largest absolute Gasteiger partial charge is 0.481 e. The van der Waals surface area contributed by atoms with Crippen LogP contribution in [0.15, 0.2) is 0 Å². The predicted molar refractivity (Wildman–Crippen MR) is 75.5 cm³/mol. The predicted octanol–water partition coefficient (Wildman–Crippen LogP) is 0.572. The molecule has 0 saturated carbocycles. The summed E-state index contributed by atoms with van der Waals surface area (Å²) in [6.45, 7) is 6.27. The number of methoxy groups -OCH3 is 1. The molecule has 1 amide bonds. The lowest BCUT2D eigenvalue weighted by Gasteiger charge is -2.39. The summed E-state index contributed by atoms with van der Waals surface area (Å²) in [7, 11) is 1.60. The molecular formula is C14H26N2O4. The van der Waals surface area contributed by atoms with Crippen molar-refractivity contribution in [1.29, 1.82) is 0 Å². The van der Waals surface area contributed by atoms with Gasteiger partial charge in [0.05, 0.1) is 17.9 Å². The first kappa shape index (κ1) is 16.9. The van der Waals surface area contributed by atoms with Crippen LogP contribution in [-0.4, -0.2) is 61.8 Å². The van der Waals surface area contributed by atoms with E-state index in [1.165, 1.54) is 0 Å². The first-order valence-electron chi connectivity index (χ1n) is 7.18. The van der Waals surface area contributed by atoms with Crippen molar-refractivity contribution in [2.75, 3.05) is 39.9 Å². The molecule has 0 radical (unpaired) electrons. The second-order valence-electron chi connectivity index (χ2n) is 5.55. The van der Waals surface area contributed by atoms with Crippen LogP contribution in [-0.2, 0) is 14.3 Å². The highest BCUT2D eigenvalue weighted by Crippen LogP contribution is 2.31. The maximum atomic E-state index is 12.8. The van der Waals surface area contributed by atoms with Crippen LogP contribution in [0.2, 0.25) is 0 Å². The van der Waals surface area contributed by atoms with Crippen LogP contribution < -0.4 is 5.32 Å². The topological polar surface area (TPSA) is 78.9 Å². The Labute approximate surface area is 120 Å². The van der Waals surface area contributed by atoms with Gasteiger partial charge in [-0.3, -0.25) is 9.59 Å². The summed E-state index contributed by atoms with van der Waals surface area (Å²) in [5, 5.41) is 12.3. The molecule has 6 nitrogen and oxygen atoms in total. The first-order chi connectivity index (χ1) is 9.46. The van der Waals surface area contributed by atoms with Crippen molar-refractivity contribution in [2.45, 2.75) is 26.7 Å². The van der Waals surface area contributed by atoms with E-state index >= 15 is 0 Å². The van der Waals surface area contributed by atoms with Crippen LogP contribution in [0.25, 0.3) is 0 Å². The summed E-state index contributed by atoms with van der Waals surface area (Å²) in [4.78, 5) is 25.5. The van der Waals surface area contributed by atoms with Gasteiger partial charge in [0.1, 0.15) is 0 Å². The SMILES string of the molecule is CCN(CC(C)C(=O)O)C(=O)C1(COC)CCNCC1. The first-order valence-corrected chi connectivity index (χ1v) is 7.18. The molecule has 1 aliphatic rings. The molecular weight excluding hydrogens is 260 g/mol. The normalized spacial score (nSPS) is 19.4. The lowest BCUT2D eigenvalue weighted by Crippen LogP contribution is -2.52. The van der Waals surface area contributed by atoms with Crippen molar-refractivity contribution in [2.24, 2.45) is 11.3 Å². The Morgan fingerprint density at radius 1 is 1.40 bits per heavy atom. The highest BCUT2D eigenvalue weighted by molar-refractivity contribution is 5.83. The number of rotatable bonds is 7. The molecule has 2 N–H and O–H groups in total. The van der Waals surface area contributed by atoms with Crippen LogP contribution in [0.4, 0.5) is 0 Å². The van der Waals surface area contributed by atoms with Gasteiger partial charge in [0.2, 0.25) is 5.91 Å². The minimum Gasteiger partial charge on any atom is -0.481 e. The van der Waals surface area contributed by atoms with Gasteiger partial charge < -0.3 is 20.1 Å². The number of carbonyl (C=O) groups excluding carboxylic acids is 1. The van der Waals surface area contributed by atoms with Gasteiger partial charge in [-0.2, -0.15) is 0 Å². The third kappa shape index (κ3) is 3.93. The molecule has 1 aliphatic heterocycles. The highest BCUT2D eigenvalue weighted by atomic mass is 16.5. The van der Waals surface area contributed by atoms with Crippen LogP contribution >= 0.6 is 0 Å². The highest BCUT2D eigenvalue weighted by Gasteiger charge is 2.42. The van der Waals surface area contributed by atoms with Gasteiger partial charge in [0.15, 0.2) is 0 Å². The van der Waals surface area contributed by atoms with Gasteiger partial charge >= 0.3 is 5.97 Å². The molecule has 0 aliphatic carbocycles. The van der Waals surface area contributed by atoms with Gasteiger partial charge in [0.25, 0.3) is 0 Å². The van der Waals surface area contributed by atoms with E-state index in [1.54, 1.807) is 18.9 Å². The minimum absolute atomic E-state index is 0.0245.